The summed E-state index contributed by atoms with van der Waals surface area (Å²) < 4.78 is 10.2. The molecule has 0 aromatic heterocycles. The Morgan fingerprint density at radius 1 is 1.00 bits per heavy atom. The van der Waals surface area contributed by atoms with Gasteiger partial charge in [-0.25, -0.2) is 4.79 Å². The molecule has 5 heteroatoms. The van der Waals surface area contributed by atoms with E-state index in [1.165, 1.54) is 17.2 Å². The third-order valence-corrected chi connectivity index (χ3v) is 5.22. The third-order valence-electron chi connectivity index (χ3n) is 5.22. The summed E-state index contributed by atoms with van der Waals surface area (Å²) in [6.07, 6.45) is 2.26. The highest BCUT2D eigenvalue weighted by Crippen LogP contribution is 2.36. The molecule has 0 amide bonds. The standard InChI is InChI=1S/C26H19NO4/c1-30-22-10-6-17(7-11-22)12-21(15-27)26(29)31-16-25(28)20-9-8-19-13-18-4-2-3-5-23(18)24(19)14-20/h2-12,14H,13,16H2,1H3/b21-12+. The van der Waals surface area contributed by atoms with Gasteiger partial charge < -0.3 is 9.47 Å². The number of hydrogen-bond donors (Lipinski definition) is 0. The number of nitrogens with zero attached hydrogens (tertiary/aromatic N) is 1. The zero-order chi connectivity index (χ0) is 21.8. The fraction of sp³-hybridized carbons (Fsp3) is 0.115. The van der Waals surface area contributed by atoms with E-state index in [1.54, 1.807) is 37.4 Å². The lowest BCUT2D eigenvalue weighted by molar-refractivity contribution is -0.137. The monoisotopic (exact) mass is 409 g/mol. The van der Waals surface area contributed by atoms with Gasteiger partial charge in [-0.1, -0.05) is 48.5 Å². The Morgan fingerprint density at radius 3 is 2.48 bits per heavy atom. The number of hydrogen-bond acceptors (Lipinski definition) is 5. The first kappa shape index (κ1) is 20.1. The maximum atomic E-state index is 12.6. The van der Waals surface area contributed by atoms with Crippen molar-refractivity contribution in [1.82, 2.24) is 0 Å². The van der Waals surface area contributed by atoms with Gasteiger partial charge in [0, 0.05) is 5.56 Å². The van der Waals surface area contributed by atoms with Crippen LogP contribution in [-0.2, 0) is 16.0 Å². The molecule has 1 aliphatic carbocycles. The molecule has 0 unspecified atom stereocenters. The van der Waals surface area contributed by atoms with Crippen LogP contribution < -0.4 is 4.74 Å². The lowest BCUT2D eigenvalue weighted by atomic mass is 10.0. The Kier molecular flexibility index (Phi) is 5.63. The summed E-state index contributed by atoms with van der Waals surface area (Å²) in [6.45, 7) is -0.430. The van der Waals surface area contributed by atoms with Crippen molar-refractivity contribution in [2.24, 2.45) is 0 Å². The van der Waals surface area contributed by atoms with E-state index in [1.807, 2.05) is 36.4 Å². The molecule has 31 heavy (non-hydrogen) atoms. The van der Waals surface area contributed by atoms with E-state index in [-0.39, 0.29) is 11.4 Å². The van der Waals surface area contributed by atoms with E-state index < -0.39 is 12.6 Å². The summed E-state index contributed by atoms with van der Waals surface area (Å²) in [4.78, 5) is 24.9. The van der Waals surface area contributed by atoms with E-state index >= 15 is 0 Å². The predicted octanol–water partition coefficient (Wildman–Crippen LogP) is 4.60. The van der Waals surface area contributed by atoms with Crippen molar-refractivity contribution >= 4 is 17.8 Å². The number of rotatable bonds is 6. The fourth-order valence-corrected chi connectivity index (χ4v) is 3.59. The van der Waals surface area contributed by atoms with Crippen LogP contribution in [0.15, 0.2) is 72.3 Å². The van der Waals surface area contributed by atoms with Gasteiger partial charge in [-0.3, -0.25) is 4.79 Å². The SMILES string of the molecule is COc1ccc(/C=C(\C#N)C(=O)OCC(=O)c2ccc3c(c2)-c2ccccc2C3)cc1. The molecule has 1 aliphatic rings. The molecule has 3 aromatic carbocycles. The van der Waals surface area contributed by atoms with Crippen LogP contribution in [0.2, 0.25) is 0 Å². The van der Waals surface area contributed by atoms with Crippen LogP contribution in [0.4, 0.5) is 0 Å². The molecule has 0 spiro atoms. The highest BCUT2D eigenvalue weighted by molar-refractivity contribution is 6.02. The Morgan fingerprint density at radius 2 is 1.74 bits per heavy atom. The summed E-state index contributed by atoms with van der Waals surface area (Å²) >= 11 is 0. The van der Waals surface area contributed by atoms with Gasteiger partial charge in [0.2, 0.25) is 0 Å². The number of fused-ring (bicyclic) bond motifs is 3. The van der Waals surface area contributed by atoms with E-state index in [4.69, 9.17) is 9.47 Å². The Hall–Kier alpha value is -4.17. The highest BCUT2D eigenvalue weighted by Gasteiger charge is 2.20. The second kappa shape index (κ2) is 8.68. The second-order valence-corrected chi connectivity index (χ2v) is 7.15. The zero-order valence-corrected chi connectivity index (χ0v) is 16.9. The van der Waals surface area contributed by atoms with Gasteiger partial charge in [-0.2, -0.15) is 5.26 Å². The zero-order valence-electron chi connectivity index (χ0n) is 16.9. The number of benzene rings is 3. The maximum Gasteiger partial charge on any atom is 0.349 e. The first-order valence-corrected chi connectivity index (χ1v) is 9.76. The molecule has 0 saturated heterocycles. The fourth-order valence-electron chi connectivity index (χ4n) is 3.59. The Balaban J connectivity index is 1.44. The molecule has 0 radical (unpaired) electrons. The van der Waals surface area contributed by atoms with Gasteiger partial charge >= 0.3 is 5.97 Å². The minimum absolute atomic E-state index is 0.180. The van der Waals surface area contributed by atoms with E-state index in [2.05, 4.69) is 6.07 Å². The molecule has 0 atom stereocenters. The molecule has 0 saturated carbocycles. The lowest BCUT2D eigenvalue weighted by Crippen LogP contribution is -2.15. The van der Waals surface area contributed by atoms with E-state index in [0.29, 0.717) is 16.9 Å². The first-order chi connectivity index (χ1) is 15.1. The van der Waals surface area contributed by atoms with Gasteiger partial charge in [0.05, 0.1) is 7.11 Å². The number of nitriles is 1. The number of methoxy groups -OCH3 is 1. The van der Waals surface area contributed by atoms with Crippen LogP contribution in [0.25, 0.3) is 17.2 Å². The largest absolute Gasteiger partial charge is 0.497 e. The second-order valence-electron chi connectivity index (χ2n) is 7.15. The highest BCUT2D eigenvalue weighted by atomic mass is 16.5. The molecular formula is C26H19NO4. The van der Waals surface area contributed by atoms with Gasteiger partial charge in [0.15, 0.2) is 12.4 Å². The van der Waals surface area contributed by atoms with Crippen molar-refractivity contribution in [2.45, 2.75) is 6.42 Å². The smallest absolute Gasteiger partial charge is 0.349 e. The van der Waals surface area contributed by atoms with Gasteiger partial charge in [0.1, 0.15) is 17.4 Å². The Bertz CT molecular complexity index is 1230. The lowest BCUT2D eigenvalue weighted by Gasteiger charge is -2.07. The van der Waals surface area contributed by atoms with Gasteiger partial charge in [0.25, 0.3) is 0 Å². The van der Waals surface area contributed by atoms with Crippen molar-refractivity contribution < 1.29 is 19.1 Å². The van der Waals surface area contributed by atoms with Crippen molar-refractivity contribution in [2.75, 3.05) is 13.7 Å². The van der Waals surface area contributed by atoms with Crippen LogP contribution in [0.1, 0.15) is 27.0 Å². The molecule has 3 aromatic rings. The molecule has 0 bridgehead atoms. The number of esters is 1. The van der Waals surface area contributed by atoms with Gasteiger partial charge in [-0.15, -0.1) is 0 Å². The average Bonchev–Trinajstić information content (AvgIpc) is 3.19. The number of ether oxygens (including phenoxy) is 2. The summed E-state index contributed by atoms with van der Waals surface area (Å²) in [5.41, 5.74) is 5.50. The molecule has 152 valence electrons. The summed E-state index contributed by atoms with van der Waals surface area (Å²) in [6, 6.07) is 22.3. The predicted molar refractivity (Wildman–Crippen MR) is 117 cm³/mol. The maximum absolute atomic E-state index is 12.6. The molecular weight excluding hydrogens is 390 g/mol. The molecule has 4 rings (SSSR count). The first-order valence-electron chi connectivity index (χ1n) is 9.76. The molecule has 0 aliphatic heterocycles. The quantitative estimate of drug-likeness (QED) is 0.201. The number of carbonyl (C=O) groups excluding carboxylic acids is 2. The Labute approximate surface area is 180 Å². The number of carbonyl (C=O) groups is 2. The average molecular weight is 409 g/mol. The van der Waals surface area contributed by atoms with Crippen molar-refractivity contribution in [1.29, 1.82) is 5.26 Å². The summed E-state index contributed by atoms with van der Waals surface area (Å²) in [5, 5.41) is 9.31. The van der Waals surface area contributed by atoms with Gasteiger partial charge in [-0.05, 0) is 58.5 Å². The topological polar surface area (TPSA) is 76.4 Å². The summed E-state index contributed by atoms with van der Waals surface area (Å²) in [7, 11) is 1.56. The number of Topliss-reactive ketones (excluding diaryl/α,β-unsaturated/α-hetero) is 1. The number of ketones is 1. The van der Waals surface area contributed by atoms with Crippen LogP contribution in [0.5, 0.6) is 5.75 Å². The summed E-state index contributed by atoms with van der Waals surface area (Å²) in [5.74, 6) is -0.485. The molecule has 0 heterocycles. The van der Waals surface area contributed by atoms with Crippen LogP contribution in [0.3, 0.4) is 0 Å². The van der Waals surface area contributed by atoms with Crippen molar-refractivity contribution in [3.63, 3.8) is 0 Å². The van der Waals surface area contributed by atoms with Crippen LogP contribution >= 0.6 is 0 Å². The van der Waals surface area contributed by atoms with E-state index in [9.17, 15) is 14.9 Å². The molecule has 0 N–H and O–H groups in total. The van der Waals surface area contributed by atoms with Crippen molar-refractivity contribution in [3.8, 4) is 22.9 Å². The minimum Gasteiger partial charge on any atom is -0.497 e. The van der Waals surface area contributed by atoms with Crippen LogP contribution in [0, 0.1) is 11.3 Å². The molecule has 5 nitrogen and oxygen atoms in total. The van der Waals surface area contributed by atoms with E-state index in [0.717, 1.165) is 17.5 Å². The minimum atomic E-state index is -0.835. The van der Waals surface area contributed by atoms with Crippen LogP contribution in [-0.4, -0.2) is 25.5 Å². The van der Waals surface area contributed by atoms with Crippen molar-refractivity contribution in [3.05, 3.63) is 94.6 Å². The normalized spacial score (nSPS) is 11.8. The molecule has 0 fully saturated rings. The third kappa shape index (κ3) is 4.24.